The van der Waals surface area contributed by atoms with Crippen LogP contribution in [-0.4, -0.2) is 45.2 Å². The summed E-state index contributed by atoms with van der Waals surface area (Å²) >= 11 is 0. The Labute approximate surface area is 174 Å². The van der Waals surface area contributed by atoms with E-state index in [2.05, 4.69) is 9.97 Å². The molecule has 2 heterocycles. The van der Waals surface area contributed by atoms with Crippen molar-refractivity contribution in [2.45, 2.75) is 25.8 Å². The van der Waals surface area contributed by atoms with Crippen molar-refractivity contribution in [3.8, 4) is 22.4 Å². The van der Waals surface area contributed by atoms with Gasteiger partial charge in [0.05, 0.1) is 23.9 Å². The summed E-state index contributed by atoms with van der Waals surface area (Å²) in [5.41, 5.74) is 4.29. The summed E-state index contributed by atoms with van der Waals surface area (Å²) in [4.78, 5) is 32.4. The first kappa shape index (κ1) is 19.7. The molecule has 0 spiro atoms. The van der Waals surface area contributed by atoms with E-state index in [1.807, 2.05) is 42.6 Å². The van der Waals surface area contributed by atoms with Crippen molar-refractivity contribution in [2.24, 2.45) is 0 Å². The third-order valence-electron chi connectivity index (χ3n) is 5.32. The third-order valence-corrected chi connectivity index (χ3v) is 5.32. The van der Waals surface area contributed by atoms with E-state index >= 15 is 0 Å². The van der Waals surface area contributed by atoms with Crippen molar-refractivity contribution in [3.63, 3.8) is 0 Å². The van der Waals surface area contributed by atoms with E-state index in [9.17, 15) is 14.7 Å². The Morgan fingerprint density at radius 1 is 1.10 bits per heavy atom. The first-order valence-electron chi connectivity index (χ1n) is 9.99. The Balaban J connectivity index is 1.50. The summed E-state index contributed by atoms with van der Waals surface area (Å²) in [6, 6.07) is 15.1. The fourth-order valence-electron chi connectivity index (χ4n) is 3.78. The number of rotatable bonds is 5. The first-order chi connectivity index (χ1) is 14.6. The van der Waals surface area contributed by atoms with Gasteiger partial charge in [-0.2, -0.15) is 0 Å². The highest BCUT2D eigenvalue weighted by molar-refractivity contribution is 5.90. The zero-order valence-corrected chi connectivity index (χ0v) is 16.7. The SMILES string of the molecule is CCOC(=O)c1ccc(-c2ccc(-c3c[nH]c([C@@H]4CCCN4C(=O)O)n3)cc2)cc1. The fourth-order valence-corrected chi connectivity index (χ4v) is 3.78. The van der Waals surface area contributed by atoms with Gasteiger partial charge in [0.1, 0.15) is 5.82 Å². The number of carbonyl (C=O) groups is 2. The topological polar surface area (TPSA) is 95.5 Å². The molecule has 30 heavy (non-hydrogen) atoms. The lowest BCUT2D eigenvalue weighted by atomic mass is 10.0. The number of esters is 1. The average molecular weight is 405 g/mol. The number of H-pyrrole nitrogens is 1. The maximum atomic E-state index is 11.8. The molecule has 2 aromatic carbocycles. The maximum Gasteiger partial charge on any atom is 0.407 e. The van der Waals surface area contributed by atoms with Crippen LogP contribution in [0.5, 0.6) is 0 Å². The number of nitrogens with one attached hydrogen (secondary N) is 1. The molecule has 1 atom stereocenters. The zero-order chi connectivity index (χ0) is 21.1. The van der Waals surface area contributed by atoms with E-state index in [0.717, 1.165) is 35.2 Å². The molecule has 1 saturated heterocycles. The van der Waals surface area contributed by atoms with Crippen molar-refractivity contribution in [3.05, 3.63) is 66.1 Å². The third kappa shape index (κ3) is 3.91. The molecule has 7 heteroatoms. The monoisotopic (exact) mass is 405 g/mol. The van der Waals surface area contributed by atoms with Crippen LogP contribution < -0.4 is 0 Å². The van der Waals surface area contributed by atoms with E-state index in [4.69, 9.17) is 4.74 Å². The predicted molar refractivity (Wildman–Crippen MR) is 112 cm³/mol. The molecular formula is C23H23N3O4. The number of nitrogens with zero attached hydrogens (tertiary/aromatic N) is 2. The number of hydrogen-bond acceptors (Lipinski definition) is 4. The van der Waals surface area contributed by atoms with Crippen molar-refractivity contribution in [2.75, 3.05) is 13.2 Å². The lowest BCUT2D eigenvalue weighted by molar-refractivity contribution is 0.0526. The number of imidazole rings is 1. The van der Waals surface area contributed by atoms with Crippen LogP contribution in [0.4, 0.5) is 4.79 Å². The van der Waals surface area contributed by atoms with Crippen molar-refractivity contribution >= 4 is 12.1 Å². The summed E-state index contributed by atoms with van der Waals surface area (Å²) in [5, 5.41) is 9.34. The molecule has 3 aromatic rings. The minimum Gasteiger partial charge on any atom is -0.465 e. The molecule has 154 valence electrons. The number of benzene rings is 2. The van der Waals surface area contributed by atoms with E-state index in [1.54, 1.807) is 19.1 Å². The van der Waals surface area contributed by atoms with Gasteiger partial charge >= 0.3 is 12.1 Å². The minimum absolute atomic E-state index is 0.214. The molecule has 1 aromatic heterocycles. The molecule has 0 aliphatic carbocycles. The van der Waals surface area contributed by atoms with Gasteiger partial charge in [0.25, 0.3) is 0 Å². The summed E-state index contributed by atoms with van der Waals surface area (Å²) < 4.78 is 5.01. The number of hydrogen-bond donors (Lipinski definition) is 2. The number of carbonyl (C=O) groups excluding carboxylic acids is 1. The zero-order valence-electron chi connectivity index (χ0n) is 16.7. The minimum atomic E-state index is -0.909. The van der Waals surface area contributed by atoms with E-state index < -0.39 is 6.09 Å². The van der Waals surface area contributed by atoms with Crippen LogP contribution in [0, 0.1) is 0 Å². The van der Waals surface area contributed by atoms with E-state index in [-0.39, 0.29) is 12.0 Å². The van der Waals surface area contributed by atoms with E-state index in [0.29, 0.717) is 24.5 Å². The second kappa shape index (κ2) is 8.41. The highest BCUT2D eigenvalue weighted by atomic mass is 16.5. The van der Waals surface area contributed by atoms with Crippen molar-refractivity contribution < 1.29 is 19.4 Å². The van der Waals surface area contributed by atoms with Gasteiger partial charge in [0, 0.05) is 18.3 Å². The maximum absolute atomic E-state index is 11.8. The number of ether oxygens (including phenoxy) is 1. The van der Waals surface area contributed by atoms with Crippen LogP contribution in [0.1, 0.15) is 42.0 Å². The average Bonchev–Trinajstić information content (AvgIpc) is 3.44. The molecule has 1 aliphatic heterocycles. The first-order valence-corrected chi connectivity index (χ1v) is 9.99. The highest BCUT2D eigenvalue weighted by Crippen LogP contribution is 2.32. The van der Waals surface area contributed by atoms with Crippen LogP contribution in [0.25, 0.3) is 22.4 Å². The quantitative estimate of drug-likeness (QED) is 0.598. The Bertz CT molecular complexity index is 1040. The van der Waals surface area contributed by atoms with Crippen molar-refractivity contribution in [1.29, 1.82) is 0 Å². The molecule has 0 saturated carbocycles. The Morgan fingerprint density at radius 3 is 2.37 bits per heavy atom. The fraction of sp³-hybridized carbons (Fsp3) is 0.261. The second-order valence-electron chi connectivity index (χ2n) is 7.18. The number of carboxylic acid groups (broad SMARTS) is 1. The van der Waals surface area contributed by atoms with Gasteiger partial charge in [-0.3, -0.25) is 4.90 Å². The number of aromatic nitrogens is 2. The van der Waals surface area contributed by atoms with Gasteiger partial charge in [-0.1, -0.05) is 36.4 Å². The lowest BCUT2D eigenvalue weighted by Crippen LogP contribution is -2.29. The largest absolute Gasteiger partial charge is 0.465 e. The van der Waals surface area contributed by atoms with Gasteiger partial charge in [0.15, 0.2) is 0 Å². The van der Waals surface area contributed by atoms with Crippen LogP contribution in [-0.2, 0) is 4.74 Å². The smallest absolute Gasteiger partial charge is 0.407 e. The summed E-state index contributed by atoms with van der Waals surface area (Å²) in [5.74, 6) is 0.362. The lowest BCUT2D eigenvalue weighted by Gasteiger charge is -2.19. The van der Waals surface area contributed by atoms with Gasteiger partial charge in [-0.25, -0.2) is 14.6 Å². The predicted octanol–water partition coefficient (Wildman–Crippen LogP) is 4.74. The van der Waals surface area contributed by atoms with Gasteiger partial charge in [-0.15, -0.1) is 0 Å². The Hall–Kier alpha value is -3.61. The Morgan fingerprint density at radius 2 is 1.73 bits per heavy atom. The van der Waals surface area contributed by atoms with Crippen LogP contribution in [0.15, 0.2) is 54.7 Å². The van der Waals surface area contributed by atoms with Crippen LogP contribution in [0.2, 0.25) is 0 Å². The molecule has 1 aliphatic rings. The van der Waals surface area contributed by atoms with Crippen LogP contribution >= 0.6 is 0 Å². The number of aromatic amines is 1. The number of amides is 1. The van der Waals surface area contributed by atoms with E-state index in [1.165, 1.54) is 4.90 Å². The number of likely N-dealkylation sites (tertiary alicyclic amines) is 1. The molecule has 4 rings (SSSR count). The molecule has 7 nitrogen and oxygen atoms in total. The van der Waals surface area contributed by atoms with Crippen molar-refractivity contribution in [1.82, 2.24) is 14.9 Å². The van der Waals surface area contributed by atoms with Gasteiger partial charge in [-0.05, 0) is 43.0 Å². The standard InChI is InChI=1S/C23H23N3O4/c1-2-30-22(27)18-11-7-16(8-12-18)15-5-9-17(10-6-15)19-14-24-21(25-19)20-4-3-13-26(20)23(28)29/h5-12,14,20H,2-4,13H2,1H3,(H,24,25)(H,28,29)/t20-/m0/s1. The van der Waals surface area contributed by atoms with Gasteiger partial charge in [0.2, 0.25) is 0 Å². The summed E-state index contributed by atoms with van der Waals surface area (Å²) in [6.45, 7) is 2.68. The molecule has 0 bridgehead atoms. The molecule has 0 unspecified atom stereocenters. The second-order valence-corrected chi connectivity index (χ2v) is 7.18. The molecule has 1 amide bonds. The molecular weight excluding hydrogens is 382 g/mol. The molecule has 1 fully saturated rings. The highest BCUT2D eigenvalue weighted by Gasteiger charge is 2.31. The van der Waals surface area contributed by atoms with Crippen LogP contribution in [0.3, 0.4) is 0 Å². The summed E-state index contributed by atoms with van der Waals surface area (Å²) in [7, 11) is 0. The molecule has 2 N–H and O–H groups in total. The normalized spacial score (nSPS) is 15.9. The Kier molecular flexibility index (Phi) is 5.52. The van der Waals surface area contributed by atoms with Gasteiger partial charge < -0.3 is 14.8 Å². The summed E-state index contributed by atoms with van der Waals surface area (Å²) in [6.07, 6.45) is 2.53. The molecule has 0 radical (unpaired) electrons.